The molecule has 0 amide bonds. The molecule has 6 aromatic rings. The number of ether oxygens (including phenoxy) is 4. The van der Waals surface area contributed by atoms with Crippen molar-refractivity contribution in [1.82, 2.24) is 39.0 Å². The van der Waals surface area contributed by atoms with Gasteiger partial charge in [-0.2, -0.15) is 0 Å². The zero-order valence-corrected chi connectivity index (χ0v) is 59.9. The molecule has 0 aliphatic carbocycles. The number of aliphatic hydroxyl groups is 6. The topological polar surface area (TPSA) is 418 Å². The van der Waals surface area contributed by atoms with E-state index in [1.54, 1.807) is 10.8 Å². The molecule has 28 nitrogen and oxygen atoms in total. The van der Waals surface area contributed by atoms with E-state index in [1.165, 1.54) is 17.0 Å². The SMILES string of the molecule is C.CC[C@H]1O[C@@H](c2c[nH]c(=O)[nH]c2=O)C(O[Si](C)(C)C(C)(C)C)[C@H]1C.CC[C@H]1O[C@@H](c2cn(Cc3ccccc3)c(=O)[nH]c2=O)C(O[Si](C)(C)C(C)(C)C)[C@H]1C.O=c1[nH]c(=O)n(Cc2ccccc2)cc1[C@@H]1O[C@H](CO)[C@H](O)C1O.O=c1[nH]cc([C@@H]2O[C@H](CO)[C@H](O)C2O)c(=O)[nH]1.[2H]CF. The van der Waals surface area contributed by atoms with E-state index in [0.717, 1.165) is 30.2 Å². The van der Waals surface area contributed by atoms with Crippen LogP contribution < -0.4 is 45.0 Å². The second-order valence-electron chi connectivity index (χ2n) is 27.9. The number of benzene rings is 2. The van der Waals surface area contributed by atoms with E-state index in [2.05, 4.69) is 120 Å². The number of H-pyrrole nitrogens is 6. The maximum Gasteiger partial charge on any atom is 0.328 e. The van der Waals surface area contributed by atoms with Gasteiger partial charge in [0, 0.05) is 36.6 Å². The van der Waals surface area contributed by atoms with Crippen molar-refractivity contribution in [2.24, 2.45) is 11.8 Å². The quantitative estimate of drug-likeness (QED) is 0.0590. The molecule has 4 saturated heterocycles. The first-order valence-electron chi connectivity index (χ1n) is 33.3. The Morgan fingerprint density at radius 2 is 0.808 bits per heavy atom. The third-order valence-electron chi connectivity index (χ3n) is 19.2. The van der Waals surface area contributed by atoms with E-state index in [4.69, 9.17) is 39.4 Å². The van der Waals surface area contributed by atoms with Crippen LogP contribution in [0.2, 0.25) is 36.3 Å². The highest BCUT2D eigenvalue weighted by Crippen LogP contribution is 2.47. The molecule has 99 heavy (non-hydrogen) atoms. The van der Waals surface area contributed by atoms with E-state index in [1.807, 2.05) is 65.6 Å². The summed E-state index contributed by atoms with van der Waals surface area (Å²) >= 11 is 0. The molecule has 4 aromatic heterocycles. The molecule has 4 fully saturated rings. The van der Waals surface area contributed by atoms with Crippen LogP contribution in [0, 0.1) is 11.8 Å². The highest BCUT2D eigenvalue weighted by Gasteiger charge is 2.51. The molecule has 0 radical (unpaired) electrons. The van der Waals surface area contributed by atoms with Gasteiger partial charge in [-0.05, 0) is 60.2 Å². The summed E-state index contributed by atoms with van der Waals surface area (Å²) < 4.78 is 54.8. The number of aliphatic hydroxyl groups excluding tert-OH is 6. The monoisotopic (exact) mass is 1430 g/mol. The van der Waals surface area contributed by atoms with Gasteiger partial charge in [0.15, 0.2) is 16.6 Å². The molecule has 8 heterocycles. The summed E-state index contributed by atoms with van der Waals surface area (Å²) in [6, 6.07) is 18.9. The highest BCUT2D eigenvalue weighted by atomic mass is 28.4. The van der Waals surface area contributed by atoms with Gasteiger partial charge in [-0.1, -0.05) is 137 Å². The molecule has 4 unspecified atom stereocenters. The van der Waals surface area contributed by atoms with Gasteiger partial charge in [-0.15, -0.1) is 0 Å². The van der Waals surface area contributed by atoms with Crippen LogP contribution in [-0.2, 0) is 40.9 Å². The van der Waals surface area contributed by atoms with Gasteiger partial charge in [0.2, 0.25) is 0 Å². The molecule has 12 N–H and O–H groups in total. The molecule has 0 bridgehead atoms. The van der Waals surface area contributed by atoms with E-state index in [0.29, 0.717) is 17.7 Å². The lowest BCUT2D eigenvalue weighted by atomic mass is 9.95. The summed E-state index contributed by atoms with van der Waals surface area (Å²) in [5.41, 5.74) is -1.64. The lowest BCUT2D eigenvalue weighted by Crippen LogP contribution is -2.47. The van der Waals surface area contributed by atoms with Crippen molar-refractivity contribution < 1.29 is 64.2 Å². The Bertz CT molecular complexity index is 4080. The largest absolute Gasteiger partial charge is 0.411 e. The smallest absolute Gasteiger partial charge is 0.328 e. The van der Waals surface area contributed by atoms with Crippen molar-refractivity contribution in [2.45, 2.75) is 224 Å². The van der Waals surface area contributed by atoms with Crippen LogP contribution in [-0.4, -0.2) is 168 Å². The number of alkyl halides is 1. The Balaban J connectivity index is 0.000000240. The molecule has 4 aliphatic rings. The summed E-state index contributed by atoms with van der Waals surface area (Å²) in [4.78, 5) is 109. The van der Waals surface area contributed by atoms with E-state index < -0.39 is 143 Å². The minimum absolute atomic E-state index is 0. The Morgan fingerprint density at radius 3 is 1.12 bits per heavy atom. The van der Waals surface area contributed by atoms with Crippen molar-refractivity contribution in [1.29, 1.82) is 0 Å². The fraction of sp³-hybridized carbons (Fsp3) is 0.588. The lowest BCUT2D eigenvalue weighted by Gasteiger charge is -2.40. The second kappa shape index (κ2) is 35.1. The molecule has 2 aromatic carbocycles. The first-order valence-corrected chi connectivity index (χ1v) is 38.4. The number of hydrogen-bond donors (Lipinski definition) is 12. The van der Waals surface area contributed by atoms with Crippen molar-refractivity contribution in [3.8, 4) is 0 Å². The second-order valence-corrected chi connectivity index (χ2v) is 37.4. The fourth-order valence-electron chi connectivity index (χ4n) is 11.4. The Hall–Kier alpha value is -6.96. The van der Waals surface area contributed by atoms with Crippen molar-refractivity contribution >= 4 is 16.6 Å². The molecule has 16 atom stereocenters. The summed E-state index contributed by atoms with van der Waals surface area (Å²) in [6.07, 6.45) is -3.53. The molecule has 31 heteroatoms. The minimum atomic E-state index is -2.09. The van der Waals surface area contributed by atoms with Gasteiger partial charge in [0.25, 0.3) is 22.2 Å². The molecule has 4 aliphatic heterocycles. The van der Waals surface area contributed by atoms with Gasteiger partial charge >= 0.3 is 22.8 Å². The zero-order valence-electron chi connectivity index (χ0n) is 58.9. The molecule has 10 rings (SSSR count). The van der Waals surface area contributed by atoms with Gasteiger partial charge in [0.05, 0.1) is 81.5 Å². The predicted octanol–water partition coefficient (Wildman–Crippen LogP) is 4.58. The van der Waals surface area contributed by atoms with Crippen LogP contribution >= 0.6 is 0 Å². The van der Waals surface area contributed by atoms with E-state index in [-0.39, 0.29) is 71.4 Å². The predicted molar refractivity (Wildman–Crippen MR) is 375 cm³/mol. The van der Waals surface area contributed by atoms with Gasteiger partial charge < -0.3 is 68.4 Å². The first-order chi connectivity index (χ1) is 46.4. The maximum absolute atomic E-state index is 12.8. The van der Waals surface area contributed by atoms with Crippen LogP contribution in [0.3, 0.4) is 0 Å². The summed E-state index contributed by atoms with van der Waals surface area (Å²) in [6.45, 7) is 30.1. The van der Waals surface area contributed by atoms with Crippen LogP contribution in [0.25, 0.3) is 0 Å². The molecule has 550 valence electrons. The number of aromatic amines is 6. The van der Waals surface area contributed by atoms with Crippen LogP contribution in [0.4, 0.5) is 4.39 Å². The van der Waals surface area contributed by atoms with Gasteiger partial charge in [-0.3, -0.25) is 52.6 Å². The number of nitrogens with zero attached hydrogens (tertiary/aromatic N) is 2. The summed E-state index contributed by atoms with van der Waals surface area (Å²) in [5, 5.41) is 57.2. The molecular weight excluding hydrogens is 1320 g/mol. The zero-order chi connectivity index (χ0) is 73.8. The average molecular weight is 1430 g/mol. The van der Waals surface area contributed by atoms with Crippen LogP contribution in [0.1, 0.15) is 149 Å². The first kappa shape index (κ1) is 81.0. The fourth-order valence-corrected chi connectivity index (χ4v) is 14.1. The Morgan fingerprint density at radius 1 is 0.505 bits per heavy atom. The van der Waals surface area contributed by atoms with Crippen molar-refractivity contribution in [3.63, 3.8) is 0 Å². The normalized spacial score (nSPS) is 26.8. The number of hydrogen-bond acceptors (Lipinski definition) is 20. The van der Waals surface area contributed by atoms with Crippen LogP contribution in [0.15, 0.2) is 124 Å². The average Bonchev–Trinajstić information content (AvgIpc) is 1.54. The van der Waals surface area contributed by atoms with Crippen molar-refractivity contribution in [3.05, 3.63) is 202 Å². The maximum atomic E-state index is 12.8. The van der Waals surface area contributed by atoms with Crippen LogP contribution in [0.5, 0.6) is 0 Å². The number of halogens is 1. The van der Waals surface area contributed by atoms with E-state index >= 15 is 0 Å². The third-order valence-corrected chi connectivity index (χ3v) is 28.2. The van der Waals surface area contributed by atoms with Gasteiger partial charge in [0.1, 0.15) is 61.0 Å². The Kier molecular flexibility index (Phi) is 28.7. The Labute approximate surface area is 576 Å². The molecule has 0 saturated carbocycles. The number of rotatable bonds is 16. The molecular formula is C68H103FN8O20Si2. The third kappa shape index (κ3) is 19.8. The number of nitrogens with one attached hydrogen (secondary N) is 6. The minimum Gasteiger partial charge on any atom is -0.411 e. The lowest BCUT2D eigenvalue weighted by molar-refractivity contribution is -0.0233. The number of aromatic nitrogens is 8. The summed E-state index contributed by atoms with van der Waals surface area (Å²) in [7, 11) is -5.11. The standard InChI is InChI=1S/C24H36N2O4Si.C17H30N2O4Si.C16H18N2O6.C9H12N2O6.CH3F.CH4/c1-8-19-16(2)20(30-31(6,7)24(3,4)5)21(29-19)18-15-26(23(28)25-22(18)27)14-17-12-10-9-11-13-17;1-8-12-10(2)13(23-24(6,7)17(3,4)5)14(22-12)11-9-18-16(21)19-15(11)20;19-8-11-12(20)13(21)14(24-11)10-7-18(16(23)17-15(10)22)6-9-4-2-1-3-5-9;12-2-4-5(13)6(14)7(17-4)3-1-10-9(16)11-8(3)15;1-2;/h9-13,15-16,19-21H,8,14H2,1-7H3,(H,25,27,28);9-10,12-14H,8H2,1-7H3,(H2,18,19,20,21);1-5,7,11-14,19-21H,6,8H2,(H,17,22,23);1,4-7,12-14H,2H2,(H2,10,11,15,16);1H3;1H4/t16-,19+,20?,21-;10-,12+,13?,14-;11-,12+,13?,14+;4-,5+,6?,7+;;/m0011../s1/i;;;;1D;. The van der Waals surface area contributed by atoms with Crippen molar-refractivity contribution in [2.75, 3.05) is 20.4 Å². The highest BCUT2D eigenvalue weighted by molar-refractivity contribution is 6.74. The molecule has 0 spiro atoms. The van der Waals surface area contributed by atoms with Gasteiger partial charge in [-0.25, -0.2) is 19.2 Å². The summed E-state index contributed by atoms with van der Waals surface area (Å²) in [5.74, 6) is 0.332. The van der Waals surface area contributed by atoms with E-state index in [9.17, 15) is 63.2 Å².